The molecule has 4 nitrogen and oxygen atoms in total. The number of hydrogen-bond donors (Lipinski definition) is 1. The summed E-state index contributed by atoms with van der Waals surface area (Å²) in [7, 11) is 1.62. The van der Waals surface area contributed by atoms with Crippen molar-refractivity contribution < 1.29 is 14.7 Å². The van der Waals surface area contributed by atoms with Crippen molar-refractivity contribution in [2.24, 2.45) is 0 Å². The molecule has 0 bridgehead atoms. The standard InChI is InChI=1S/C22H39NO3/c1-4-5-6-7-8-9-10-11-12-13-14-15-16-17-19(24)20-21(25)18(2)23(3)22(20)26/h18,25H,4-17H2,1-3H3/t18-/m1/s1. The van der Waals surface area contributed by atoms with E-state index in [2.05, 4.69) is 6.92 Å². The molecule has 1 rings (SSSR count). The summed E-state index contributed by atoms with van der Waals surface area (Å²) in [6, 6.07) is -0.381. The molecule has 26 heavy (non-hydrogen) atoms. The highest BCUT2D eigenvalue weighted by atomic mass is 16.3. The molecule has 1 aliphatic rings. The maximum absolute atomic E-state index is 12.2. The number of aliphatic hydroxyl groups excluding tert-OH is 1. The number of likely N-dealkylation sites (N-methyl/N-ethyl adjacent to an activating group) is 1. The summed E-state index contributed by atoms with van der Waals surface area (Å²) >= 11 is 0. The number of carbonyl (C=O) groups is 2. The predicted molar refractivity (Wildman–Crippen MR) is 107 cm³/mol. The number of hydrogen-bond acceptors (Lipinski definition) is 3. The molecule has 0 saturated heterocycles. The molecule has 0 saturated carbocycles. The minimum absolute atomic E-state index is 0.0129. The van der Waals surface area contributed by atoms with Gasteiger partial charge in [-0.1, -0.05) is 84.0 Å². The van der Waals surface area contributed by atoms with E-state index < -0.39 is 0 Å². The van der Waals surface area contributed by atoms with Crippen molar-refractivity contribution in [2.75, 3.05) is 7.05 Å². The lowest BCUT2D eigenvalue weighted by atomic mass is 10.0. The van der Waals surface area contributed by atoms with Crippen LogP contribution in [0, 0.1) is 0 Å². The zero-order valence-electron chi connectivity index (χ0n) is 17.2. The van der Waals surface area contributed by atoms with E-state index in [1.165, 1.54) is 69.1 Å². The molecule has 0 spiro atoms. The molecule has 0 aromatic rings. The maximum Gasteiger partial charge on any atom is 0.261 e. The van der Waals surface area contributed by atoms with Crippen LogP contribution in [0.2, 0.25) is 0 Å². The van der Waals surface area contributed by atoms with Crippen LogP contribution in [0.4, 0.5) is 0 Å². The van der Waals surface area contributed by atoms with E-state index in [1.54, 1.807) is 14.0 Å². The summed E-state index contributed by atoms with van der Waals surface area (Å²) in [5, 5.41) is 9.97. The molecule has 0 aromatic carbocycles. The van der Waals surface area contributed by atoms with Crippen molar-refractivity contribution in [1.29, 1.82) is 0 Å². The smallest absolute Gasteiger partial charge is 0.261 e. The molecule has 1 heterocycles. The topological polar surface area (TPSA) is 57.6 Å². The lowest BCUT2D eigenvalue weighted by Crippen LogP contribution is -2.30. The van der Waals surface area contributed by atoms with Crippen LogP contribution in [0.1, 0.15) is 104 Å². The van der Waals surface area contributed by atoms with Gasteiger partial charge in [-0.25, -0.2) is 0 Å². The molecule has 0 radical (unpaired) electrons. The van der Waals surface area contributed by atoms with E-state index in [1.807, 2.05) is 0 Å². The van der Waals surface area contributed by atoms with Gasteiger partial charge in [0.2, 0.25) is 0 Å². The summed E-state index contributed by atoms with van der Waals surface area (Å²) in [4.78, 5) is 25.6. The molecule has 0 unspecified atom stereocenters. The van der Waals surface area contributed by atoms with Crippen molar-refractivity contribution in [2.45, 2.75) is 110 Å². The Morgan fingerprint density at radius 1 is 0.885 bits per heavy atom. The van der Waals surface area contributed by atoms with E-state index in [9.17, 15) is 14.7 Å². The average molecular weight is 366 g/mol. The lowest BCUT2D eigenvalue weighted by molar-refractivity contribution is -0.128. The number of unbranched alkanes of at least 4 members (excludes halogenated alkanes) is 12. The molecule has 0 fully saturated rings. The highest BCUT2D eigenvalue weighted by molar-refractivity contribution is 6.21. The fourth-order valence-corrected chi connectivity index (χ4v) is 3.54. The minimum Gasteiger partial charge on any atom is -0.509 e. The maximum atomic E-state index is 12.2. The Hall–Kier alpha value is -1.32. The summed E-state index contributed by atoms with van der Waals surface area (Å²) in [5.41, 5.74) is 0.0129. The van der Waals surface area contributed by atoms with Gasteiger partial charge in [0.05, 0.1) is 6.04 Å². The van der Waals surface area contributed by atoms with Crippen molar-refractivity contribution in [3.63, 3.8) is 0 Å². The van der Waals surface area contributed by atoms with E-state index in [0.29, 0.717) is 6.42 Å². The Balaban J connectivity index is 1.99. The predicted octanol–water partition coefficient (Wildman–Crippen LogP) is 5.71. The quantitative estimate of drug-likeness (QED) is 0.299. The Morgan fingerprint density at radius 3 is 1.69 bits per heavy atom. The Morgan fingerprint density at radius 2 is 1.31 bits per heavy atom. The SMILES string of the molecule is CCCCCCCCCCCCCCCC(=O)C1=C(O)[C@@H](C)N(C)C1=O. The largest absolute Gasteiger partial charge is 0.509 e. The van der Waals surface area contributed by atoms with Gasteiger partial charge < -0.3 is 10.0 Å². The molecule has 0 aliphatic carbocycles. The molecule has 1 N–H and O–H groups in total. The summed E-state index contributed by atoms with van der Waals surface area (Å²) in [5.74, 6) is -0.598. The van der Waals surface area contributed by atoms with E-state index in [-0.39, 0.29) is 29.1 Å². The number of ketones is 1. The first-order valence-corrected chi connectivity index (χ1v) is 10.7. The second kappa shape index (κ2) is 12.9. The van der Waals surface area contributed by atoms with Crippen LogP contribution in [0.15, 0.2) is 11.3 Å². The number of carbonyl (C=O) groups excluding carboxylic acids is 2. The molecule has 4 heteroatoms. The molecule has 0 aromatic heterocycles. The van der Waals surface area contributed by atoms with Gasteiger partial charge >= 0.3 is 0 Å². The van der Waals surface area contributed by atoms with Crippen LogP contribution >= 0.6 is 0 Å². The number of rotatable bonds is 15. The van der Waals surface area contributed by atoms with E-state index in [4.69, 9.17) is 0 Å². The van der Waals surface area contributed by atoms with Crippen molar-refractivity contribution >= 4 is 11.7 Å². The zero-order chi connectivity index (χ0) is 19.4. The molecule has 1 aliphatic heterocycles. The summed E-state index contributed by atoms with van der Waals surface area (Å²) in [6.07, 6.45) is 16.8. The third kappa shape index (κ3) is 7.51. The third-order valence-corrected chi connectivity index (χ3v) is 5.55. The number of Topliss-reactive ketones (excluding diaryl/α,β-unsaturated/α-hetero) is 1. The second-order valence-corrected chi connectivity index (χ2v) is 7.77. The first kappa shape index (κ1) is 22.7. The van der Waals surface area contributed by atoms with Crippen molar-refractivity contribution in [1.82, 2.24) is 4.90 Å². The fraction of sp³-hybridized carbons (Fsp3) is 0.818. The van der Waals surface area contributed by atoms with Crippen molar-refractivity contribution in [3.05, 3.63) is 11.3 Å². The van der Waals surface area contributed by atoms with Crippen LogP contribution in [0.3, 0.4) is 0 Å². The number of aliphatic hydroxyl groups is 1. The Bertz CT molecular complexity index is 470. The fourth-order valence-electron chi connectivity index (χ4n) is 3.54. The average Bonchev–Trinajstić information content (AvgIpc) is 2.82. The van der Waals surface area contributed by atoms with E-state index >= 15 is 0 Å². The van der Waals surface area contributed by atoms with Gasteiger partial charge in [-0.3, -0.25) is 9.59 Å². The number of nitrogens with zero attached hydrogens (tertiary/aromatic N) is 1. The van der Waals surface area contributed by atoms with Gasteiger partial charge in [0.15, 0.2) is 5.78 Å². The third-order valence-electron chi connectivity index (χ3n) is 5.55. The molecule has 150 valence electrons. The summed E-state index contributed by atoms with van der Waals surface area (Å²) in [6.45, 7) is 3.99. The minimum atomic E-state index is -0.381. The highest BCUT2D eigenvalue weighted by Crippen LogP contribution is 2.24. The van der Waals surface area contributed by atoms with Crippen LogP contribution in [0.25, 0.3) is 0 Å². The lowest BCUT2D eigenvalue weighted by Gasteiger charge is -2.14. The van der Waals surface area contributed by atoms with Gasteiger partial charge in [0, 0.05) is 13.5 Å². The molecular formula is C22H39NO3. The van der Waals surface area contributed by atoms with Crippen LogP contribution in [-0.4, -0.2) is 34.8 Å². The highest BCUT2D eigenvalue weighted by Gasteiger charge is 2.37. The van der Waals surface area contributed by atoms with E-state index in [0.717, 1.165) is 19.3 Å². The molecule has 1 amide bonds. The van der Waals surface area contributed by atoms with Crippen LogP contribution < -0.4 is 0 Å². The summed E-state index contributed by atoms with van der Waals surface area (Å²) < 4.78 is 0. The van der Waals surface area contributed by atoms with Crippen LogP contribution in [-0.2, 0) is 9.59 Å². The molecular weight excluding hydrogens is 326 g/mol. The van der Waals surface area contributed by atoms with Gasteiger partial charge in [-0.05, 0) is 13.3 Å². The van der Waals surface area contributed by atoms with Gasteiger partial charge in [0.25, 0.3) is 5.91 Å². The van der Waals surface area contributed by atoms with Gasteiger partial charge in [-0.2, -0.15) is 0 Å². The van der Waals surface area contributed by atoms with Crippen molar-refractivity contribution in [3.8, 4) is 0 Å². The second-order valence-electron chi connectivity index (χ2n) is 7.77. The Kier molecular flexibility index (Phi) is 11.3. The van der Waals surface area contributed by atoms with Gasteiger partial charge in [-0.15, -0.1) is 0 Å². The molecule has 1 atom stereocenters. The first-order chi connectivity index (χ1) is 12.5. The first-order valence-electron chi connectivity index (χ1n) is 10.7. The Labute approximate surface area is 160 Å². The number of amides is 1. The monoisotopic (exact) mass is 365 g/mol. The normalized spacial score (nSPS) is 17.4. The zero-order valence-corrected chi connectivity index (χ0v) is 17.2. The van der Waals surface area contributed by atoms with Crippen LogP contribution in [0.5, 0.6) is 0 Å². The van der Waals surface area contributed by atoms with Gasteiger partial charge in [0.1, 0.15) is 11.3 Å².